The van der Waals surface area contributed by atoms with Crippen LogP contribution in [0.1, 0.15) is 44.0 Å². The van der Waals surface area contributed by atoms with Gasteiger partial charge >= 0.3 is 6.03 Å². The van der Waals surface area contributed by atoms with Crippen molar-refractivity contribution < 1.29 is 27.9 Å². The number of aliphatic hydroxyl groups is 1. The number of hydrogen-bond donors (Lipinski definition) is 2. The van der Waals surface area contributed by atoms with Crippen LogP contribution in [0.5, 0.6) is 5.75 Å². The molecule has 0 unspecified atom stereocenters. The highest BCUT2D eigenvalue weighted by atomic mass is 32.2. The molecule has 0 aliphatic carbocycles. The zero-order chi connectivity index (χ0) is 35.7. The van der Waals surface area contributed by atoms with Crippen LogP contribution in [0.3, 0.4) is 0 Å². The average molecular weight is 711 g/mol. The van der Waals surface area contributed by atoms with E-state index in [2.05, 4.69) is 16.4 Å². The largest absolute Gasteiger partial charge is 0.497 e. The maximum atomic E-state index is 14.1. The van der Waals surface area contributed by atoms with Crippen molar-refractivity contribution in [3.05, 3.63) is 76.2 Å². The molecule has 264 valence electrons. The Kier molecular flexibility index (Phi) is 13.2. The monoisotopic (exact) mass is 710 g/mol. The summed E-state index contributed by atoms with van der Waals surface area (Å²) >= 11 is 1.38. The summed E-state index contributed by atoms with van der Waals surface area (Å²) in [6.45, 7) is 8.43. The topological polar surface area (TPSA) is 156 Å². The summed E-state index contributed by atoms with van der Waals surface area (Å²) in [7, 11) is -2.51. The van der Waals surface area contributed by atoms with Gasteiger partial charge in [-0.05, 0) is 48.1 Å². The molecule has 0 saturated carbocycles. The molecule has 2 N–H and O–H groups in total. The molecule has 12 nitrogen and oxygen atoms in total. The van der Waals surface area contributed by atoms with E-state index in [0.29, 0.717) is 29.5 Å². The first-order chi connectivity index (χ1) is 23.3. The van der Waals surface area contributed by atoms with E-state index in [1.165, 1.54) is 34.9 Å². The fourth-order valence-electron chi connectivity index (χ4n) is 5.91. The summed E-state index contributed by atoms with van der Waals surface area (Å²) in [5.74, 6) is -0.206. The maximum Gasteiger partial charge on any atom is 0.321 e. The zero-order valence-electron chi connectivity index (χ0n) is 28.7. The summed E-state index contributed by atoms with van der Waals surface area (Å²) in [5.41, 5.74) is 1.54. The molecule has 1 fully saturated rings. The lowest BCUT2D eigenvalue weighted by Gasteiger charge is -2.34. The van der Waals surface area contributed by atoms with Crippen molar-refractivity contribution in [2.24, 2.45) is 11.8 Å². The van der Waals surface area contributed by atoms with Gasteiger partial charge in [0.25, 0.3) is 0 Å². The van der Waals surface area contributed by atoms with Gasteiger partial charge in [0.05, 0.1) is 48.9 Å². The Morgan fingerprint density at radius 2 is 1.80 bits per heavy atom. The SMILES string of the molecule is COc1ccc(S(=O)(=O)N(CC(C)C)C[C@@H](O)[C@H](Cc2ccccc2)NC(=O)[C@H](C(C)C)N2CCN(Cc3csc(CC#N)n3)C2=O)cc1. The van der Waals surface area contributed by atoms with Gasteiger partial charge in [-0.15, -0.1) is 11.3 Å². The van der Waals surface area contributed by atoms with Crippen LogP contribution in [-0.2, 0) is 34.2 Å². The second-order valence-electron chi connectivity index (χ2n) is 12.9. The molecule has 49 heavy (non-hydrogen) atoms. The first-order valence-electron chi connectivity index (χ1n) is 16.4. The normalized spacial score (nSPS) is 15.5. The Bertz CT molecular complexity index is 1690. The predicted octanol–water partition coefficient (Wildman–Crippen LogP) is 3.92. The second kappa shape index (κ2) is 17.1. The lowest BCUT2D eigenvalue weighted by molar-refractivity contribution is -0.128. The van der Waals surface area contributed by atoms with Gasteiger partial charge in [-0.1, -0.05) is 58.0 Å². The molecule has 4 rings (SSSR count). The molecule has 0 radical (unpaired) electrons. The lowest BCUT2D eigenvalue weighted by Crippen LogP contribution is -2.57. The number of nitriles is 1. The average Bonchev–Trinajstić information content (AvgIpc) is 3.66. The van der Waals surface area contributed by atoms with Gasteiger partial charge in [-0.25, -0.2) is 18.2 Å². The molecule has 1 aromatic heterocycles. The van der Waals surface area contributed by atoms with E-state index in [1.807, 2.05) is 63.4 Å². The lowest BCUT2D eigenvalue weighted by atomic mass is 9.97. The number of ether oxygens (including phenoxy) is 1. The predicted molar refractivity (Wildman–Crippen MR) is 187 cm³/mol. The van der Waals surface area contributed by atoms with Crippen molar-refractivity contribution in [1.29, 1.82) is 5.26 Å². The molecule has 3 atom stereocenters. The minimum Gasteiger partial charge on any atom is -0.497 e. The number of amides is 3. The van der Waals surface area contributed by atoms with Crippen LogP contribution in [-0.4, -0.2) is 96.0 Å². The van der Waals surface area contributed by atoms with Crippen molar-refractivity contribution in [1.82, 2.24) is 24.4 Å². The molecule has 0 spiro atoms. The van der Waals surface area contributed by atoms with Gasteiger partial charge in [0.2, 0.25) is 15.9 Å². The number of sulfonamides is 1. The minimum atomic E-state index is -4.01. The molecule has 1 saturated heterocycles. The number of thiazole rings is 1. The van der Waals surface area contributed by atoms with Gasteiger partial charge in [0.1, 0.15) is 16.8 Å². The second-order valence-corrected chi connectivity index (χ2v) is 15.8. The number of urea groups is 1. The Balaban J connectivity index is 1.55. The van der Waals surface area contributed by atoms with Crippen LogP contribution in [0.25, 0.3) is 0 Å². The molecular formula is C35H46N6O6S2. The van der Waals surface area contributed by atoms with Crippen LogP contribution in [0.4, 0.5) is 4.79 Å². The Labute approximate surface area is 293 Å². The smallest absolute Gasteiger partial charge is 0.321 e. The standard InChI is InChI=1S/C35H46N6O6S2/c1-24(2)20-40(49(45,46)29-13-11-28(47-5)12-14-29)22-31(42)30(19-26-9-7-6-8-10-26)38-34(43)33(25(3)4)41-18-17-39(35(41)44)21-27-23-48-32(37-27)15-16-36/h6-14,23-25,30-31,33,42H,15,17-22H2,1-5H3,(H,38,43)/t30-,31+,33-/m0/s1. The van der Waals surface area contributed by atoms with E-state index >= 15 is 0 Å². The Morgan fingerprint density at radius 1 is 1.10 bits per heavy atom. The molecule has 2 heterocycles. The van der Waals surface area contributed by atoms with Crippen molar-refractivity contribution >= 4 is 33.3 Å². The van der Waals surface area contributed by atoms with Crippen LogP contribution in [0.2, 0.25) is 0 Å². The first-order valence-corrected chi connectivity index (χ1v) is 18.7. The molecule has 14 heteroatoms. The highest BCUT2D eigenvalue weighted by Gasteiger charge is 2.40. The van der Waals surface area contributed by atoms with Crippen LogP contribution in [0.15, 0.2) is 64.9 Å². The number of nitrogens with one attached hydrogen (secondary N) is 1. The van der Waals surface area contributed by atoms with E-state index in [4.69, 9.17) is 10.00 Å². The van der Waals surface area contributed by atoms with E-state index in [0.717, 1.165) is 5.56 Å². The highest BCUT2D eigenvalue weighted by Crippen LogP contribution is 2.24. The van der Waals surface area contributed by atoms with Crippen molar-refractivity contribution in [2.45, 2.75) is 70.2 Å². The third-order valence-corrected chi connectivity index (χ3v) is 11.0. The quantitative estimate of drug-likeness (QED) is 0.214. The molecule has 1 aliphatic heterocycles. The molecule has 0 bridgehead atoms. The van der Waals surface area contributed by atoms with Crippen molar-refractivity contribution in [3.63, 3.8) is 0 Å². The molecule has 3 amide bonds. The number of aliphatic hydroxyl groups excluding tert-OH is 1. The molecular weight excluding hydrogens is 665 g/mol. The van der Waals surface area contributed by atoms with Crippen LogP contribution >= 0.6 is 11.3 Å². The third-order valence-electron chi connectivity index (χ3n) is 8.29. The number of rotatable bonds is 17. The van der Waals surface area contributed by atoms with Gasteiger partial charge < -0.3 is 25.0 Å². The zero-order valence-corrected chi connectivity index (χ0v) is 30.3. The summed E-state index contributed by atoms with van der Waals surface area (Å²) in [4.78, 5) is 35.4. The number of carbonyl (C=O) groups is 2. The van der Waals surface area contributed by atoms with Crippen LogP contribution < -0.4 is 10.1 Å². The van der Waals surface area contributed by atoms with E-state index < -0.39 is 34.1 Å². The molecule has 3 aromatic rings. The number of carbonyl (C=O) groups excluding carboxylic acids is 2. The fraction of sp³-hybridized carbons (Fsp3) is 0.486. The van der Waals surface area contributed by atoms with Gasteiger partial charge in [-0.3, -0.25) is 4.79 Å². The third kappa shape index (κ3) is 9.78. The Hall–Kier alpha value is -4.03. The summed E-state index contributed by atoms with van der Waals surface area (Å²) in [5, 5.41) is 26.2. The maximum absolute atomic E-state index is 14.1. The highest BCUT2D eigenvalue weighted by molar-refractivity contribution is 7.89. The number of hydrogen-bond acceptors (Lipinski definition) is 9. The number of methoxy groups -OCH3 is 1. The van der Waals surface area contributed by atoms with E-state index in [-0.39, 0.29) is 55.2 Å². The Morgan fingerprint density at radius 3 is 2.41 bits per heavy atom. The minimum absolute atomic E-state index is 0.0425. The van der Waals surface area contributed by atoms with E-state index in [1.54, 1.807) is 21.9 Å². The number of benzene rings is 2. The molecule has 2 aromatic carbocycles. The molecule has 1 aliphatic rings. The van der Waals surface area contributed by atoms with Crippen molar-refractivity contribution in [3.8, 4) is 11.8 Å². The fourth-order valence-corrected chi connectivity index (χ4v) is 8.25. The summed E-state index contributed by atoms with van der Waals surface area (Å²) < 4.78 is 34.1. The summed E-state index contributed by atoms with van der Waals surface area (Å²) in [6, 6.07) is 15.5. The van der Waals surface area contributed by atoms with Gasteiger partial charge in [-0.2, -0.15) is 9.57 Å². The van der Waals surface area contributed by atoms with Gasteiger partial charge in [0.15, 0.2) is 0 Å². The van der Waals surface area contributed by atoms with Gasteiger partial charge in [0, 0.05) is 31.6 Å². The van der Waals surface area contributed by atoms with Crippen LogP contribution in [0, 0.1) is 23.2 Å². The first kappa shape index (κ1) is 37.8. The van der Waals surface area contributed by atoms with Crippen molar-refractivity contribution in [2.75, 3.05) is 33.3 Å². The summed E-state index contributed by atoms with van der Waals surface area (Å²) in [6.07, 6.45) is -0.827. The van der Waals surface area contributed by atoms with E-state index in [9.17, 15) is 23.1 Å². The number of aromatic nitrogens is 1. The number of nitrogens with zero attached hydrogens (tertiary/aromatic N) is 5.